The zero-order valence-electron chi connectivity index (χ0n) is 10.3. The summed E-state index contributed by atoms with van der Waals surface area (Å²) in [6, 6.07) is 10.5. The lowest BCUT2D eigenvalue weighted by atomic mass is 9.95. The summed E-state index contributed by atoms with van der Waals surface area (Å²) < 4.78 is 0. The Bertz CT molecular complexity index is 413. The number of benzene rings is 1. The number of amides is 1. The average Bonchev–Trinajstić information content (AvgIpc) is 3.06. The molecule has 18 heavy (non-hydrogen) atoms. The van der Waals surface area contributed by atoms with Crippen LogP contribution in [0.15, 0.2) is 30.3 Å². The Morgan fingerprint density at radius 1 is 1.28 bits per heavy atom. The van der Waals surface area contributed by atoms with Crippen LogP contribution in [0.4, 0.5) is 0 Å². The van der Waals surface area contributed by atoms with Crippen LogP contribution in [0.25, 0.3) is 0 Å². The van der Waals surface area contributed by atoms with Gasteiger partial charge in [0.05, 0.1) is 5.92 Å². The van der Waals surface area contributed by atoms with E-state index in [9.17, 15) is 4.79 Å². The molecule has 3 nitrogen and oxygen atoms in total. The largest absolute Gasteiger partial charge is 0.355 e. The normalized spacial score (nSPS) is 20.4. The van der Waals surface area contributed by atoms with Crippen LogP contribution in [0.2, 0.25) is 0 Å². The molecule has 0 unspecified atom stereocenters. The van der Waals surface area contributed by atoms with Gasteiger partial charge in [-0.05, 0) is 18.4 Å². The molecule has 2 aliphatic rings. The van der Waals surface area contributed by atoms with Gasteiger partial charge in [-0.3, -0.25) is 4.79 Å². The molecule has 1 saturated carbocycles. The minimum atomic E-state index is 0. The van der Waals surface area contributed by atoms with Gasteiger partial charge in [0.2, 0.25) is 5.91 Å². The van der Waals surface area contributed by atoms with E-state index in [4.69, 9.17) is 0 Å². The van der Waals surface area contributed by atoms with E-state index in [0.717, 1.165) is 19.6 Å². The molecule has 98 valence electrons. The Morgan fingerprint density at radius 2 is 1.94 bits per heavy atom. The third-order valence-corrected chi connectivity index (χ3v) is 3.99. The maximum atomic E-state index is 11.8. The van der Waals surface area contributed by atoms with Gasteiger partial charge in [-0.25, -0.2) is 0 Å². The van der Waals surface area contributed by atoms with Crippen LogP contribution in [0, 0.1) is 5.92 Å². The number of halogens is 1. The van der Waals surface area contributed by atoms with E-state index >= 15 is 0 Å². The molecule has 1 aromatic rings. The second-order valence-corrected chi connectivity index (χ2v) is 5.22. The van der Waals surface area contributed by atoms with Crippen molar-refractivity contribution in [1.29, 1.82) is 0 Å². The molecule has 0 aromatic heterocycles. The minimum absolute atomic E-state index is 0. The lowest BCUT2D eigenvalue weighted by Gasteiger charge is -2.27. The quantitative estimate of drug-likeness (QED) is 0.867. The second-order valence-electron chi connectivity index (χ2n) is 5.22. The molecule has 1 aliphatic heterocycles. The van der Waals surface area contributed by atoms with E-state index < -0.39 is 0 Å². The highest BCUT2D eigenvalue weighted by molar-refractivity contribution is 5.85. The Morgan fingerprint density at radius 3 is 2.44 bits per heavy atom. The van der Waals surface area contributed by atoms with E-state index in [2.05, 4.69) is 34.9 Å². The van der Waals surface area contributed by atoms with Crippen molar-refractivity contribution in [2.45, 2.75) is 18.3 Å². The van der Waals surface area contributed by atoms with Crippen molar-refractivity contribution in [3.8, 4) is 0 Å². The lowest BCUT2D eigenvalue weighted by molar-refractivity contribution is -0.126. The Hall–Kier alpha value is -1.06. The summed E-state index contributed by atoms with van der Waals surface area (Å²) in [6.45, 7) is 2.47. The van der Waals surface area contributed by atoms with Gasteiger partial charge in [0.1, 0.15) is 0 Å². The average molecular weight is 267 g/mol. The van der Waals surface area contributed by atoms with Crippen LogP contribution in [-0.2, 0) is 10.2 Å². The van der Waals surface area contributed by atoms with Gasteiger partial charge >= 0.3 is 0 Å². The van der Waals surface area contributed by atoms with Crippen LogP contribution in [-0.4, -0.2) is 25.5 Å². The number of nitrogens with one attached hydrogen (secondary N) is 2. The van der Waals surface area contributed by atoms with Gasteiger partial charge in [-0.2, -0.15) is 0 Å². The molecule has 1 aromatic carbocycles. The molecule has 1 saturated heterocycles. The topological polar surface area (TPSA) is 41.1 Å². The van der Waals surface area contributed by atoms with Crippen molar-refractivity contribution >= 4 is 18.3 Å². The molecule has 2 N–H and O–H groups in total. The summed E-state index contributed by atoms with van der Waals surface area (Å²) in [4.78, 5) is 11.8. The summed E-state index contributed by atoms with van der Waals surface area (Å²) in [5, 5.41) is 6.23. The van der Waals surface area contributed by atoms with Gasteiger partial charge in [0, 0.05) is 25.0 Å². The van der Waals surface area contributed by atoms with E-state index in [-0.39, 0.29) is 29.6 Å². The van der Waals surface area contributed by atoms with Crippen LogP contribution >= 0.6 is 12.4 Å². The van der Waals surface area contributed by atoms with E-state index in [1.165, 1.54) is 18.4 Å². The molecule has 1 heterocycles. The number of rotatable bonds is 4. The van der Waals surface area contributed by atoms with Crippen LogP contribution in [0.5, 0.6) is 0 Å². The minimum Gasteiger partial charge on any atom is -0.355 e. The zero-order chi connectivity index (χ0) is 11.7. The van der Waals surface area contributed by atoms with Crippen molar-refractivity contribution in [1.82, 2.24) is 10.6 Å². The highest BCUT2D eigenvalue weighted by Crippen LogP contribution is 2.47. The molecule has 0 spiro atoms. The number of hydrogen-bond acceptors (Lipinski definition) is 2. The third kappa shape index (κ3) is 2.52. The summed E-state index contributed by atoms with van der Waals surface area (Å²) >= 11 is 0. The van der Waals surface area contributed by atoms with Crippen molar-refractivity contribution in [3.05, 3.63) is 35.9 Å². The molecule has 0 atom stereocenters. The first kappa shape index (κ1) is 13.4. The van der Waals surface area contributed by atoms with Crippen molar-refractivity contribution in [2.24, 2.45) is 5.92 Å². The Kier molecular flexibility index (Phi) is 3.93. The fraction of sp³-hybridized carbons (Fsp3) is 0.500. The predicted molar refractivity (Wildman–Crippen MR) is 74.0 cm³/mol. The highest BCUT2D eigenvalue weighted by Gasteiger charge is 2.44. The molecule has 1 amide bonds. The molecule has 1 aliphatic carbocycles. The first-order chi connectivity index (χ1) is 8.30. The highest BCUT2D eigenvalue weighted by atomic mass is 35.5. The van der Waals surface area contributed by atoms with Gasteiger partial charge < -0.3 is 10.6 Å². The number of hydrogen-bond donors (Lipinski definition) is 2. The van der Waals surface area contributed by atoms with Crippen LogP contribution < -0.4 is 10.6 Å². The van der Waals surface area contributed by atoms with Gasteiger partial charge in [0.25, 0.3) is 0 Å². The smallest absolute Gasteiger partial charge is 0.225 e. The lowest BCUT2D eigenvalue weighted by Crippen LogP contribution is -2.51. The molecule has 3 rings (SSSR count). The fourth-order valence-electron chi connectivity index (χ4n) is 2.38. The van der Waals surface area contributed by atoms with Crippen molar-refractivity contribution in [3.63, 3.8) is 0 Å². The van der Waals surface area contributed by atoms with Crippen molar-refractivity contribution < 1.29 is 4.79 Å². The Labute approximate surface area is 114 Å². The zero-order valence-corrected chi connectivity index (χ0v) is 11.1. The van der Waals surface area contributed by atoms with E-state index in [1.807, 2.05) is 6.07 Å². The van der Waals surface area contributed by atoms with Crippen LogP contribution in [0.1, 0.15) is 18.4 Å². The van der Waals surface area contributed by atoms with E-state index in [0.29, 0.717) is 0 Å². The van der Waals surface area contributed by atoms with Gasteiger partial charge in [-0.15, -0.1) is 12.4 Å². The van der Waals surface area contributed by atoms with Crippen molar-refractivity contribution in [2.75, 3.05) is 19.6 Å². The molecule has 2 fully saturated rings. The number of carbonyl (C=O) groups is 1. The second kappa shape index (κ2) is 5.29. The molecule has 0 radical (unpaired) electrons. The number of carbonyl (C=O) groups excluding carboxylic acids is 1. The van der Waals surface area contributed by atoms with Gasteiger partial charge in [0.15, 0.2) is 0 Å². The summed E-state index contributed by atoms with van der Waals surface area (Å²) in [7, 11) is 0. The predicted octanol–water partition coefficient (Wildman–Crippen LogP) is 1.48. The fourth-order valence-corrected chi connectivity index (χ4v) is 2.38. The summed E-state index contributed by atoms with van der Waals surface area (Å²) in [5.74, 6) is 0.410. The van der Waals surface area contributed by atoms with Gasteiger partial charge in [-0.1, -0.05) is 30.3 Å². The first-order valence-electron chi connectivity index (χ1n) is 6.34. The standard InChI is InChI=1S/C14H18N2O.ClH/c17-13(11-8-15-9-11)16-10-14(6-7-14)12-4-2-1-3-5-12;/h1-5,11,15H,6-10H2,(H,16,17);1H. The molecular weight excluding hydrogens is 248 g/mol. The first-order valence-corrected chi connectivity index (χ1v) is 6.34. The molecule has 0 bridgehead atoms. The summed E-state index contributed by atoms with van der Waals surface area (Å²) in [5.41, 5.74) is 1.60. The maximum absolute atomic E-state index is 11.8. The maximum Gasteiger partial charge on any atom is 0.225 e. The van der Waals surface area contributed by atoms with E-state index in [1.54, 1.807) is 0 Å². The molecular formula is C14H19ClN2O. The monoisotopic (exact) mass is 266 g/mol. The van der Waals surface area contributed by atoms with Crippen LogP contribution in [0.3, 0.4) is 0 Å². The molecule has 4 heteroatoms. The third-order valence-electron chi connectivity index (χ3n) is 3.99. The summed E-state index contributed by atoms with van der Waals surface area (Å²) in [6.07, 6.45) is 2.39. The Balaban J connectivity index is 0.00000120. The SMILES string of the molecule is Cl.O=C(NCC1(c2ccccc2)CC1)C1CNC1.